The van der Waals surface area contributed by atoms with Crippen molar-refractivity contribution < 1.29 is 9.90 Å². The van der Waals surface area contributed by atoms with Crippen LogP contribution in [-0.4, -0.2) is 23.7 Å². The van der Waals surface area contributed by atoms with Crippen molar-refractivity contribution in [3.63, 3.8) is 0 Å². The predicted octanol–water partition coefficient (Wildman–Crippen LogP) is 3.20. The number of amides is 1. The van der Waals surface area contributed by atoms with Crippen LogP contribution in [-0.2, 0) is 11.2 Å². The van der Waals surface area contributed by atoms with E-state index in [4.69, 9.17) is 23.2 Å². The molecule has 1 fully saturated rings. The quantitative estimate of drug-likeness (QED) is 0.896. The number of aliphatic hydroxyl groups is 1. The number of hydrogen-bond donors (Lipinski definition) is 2. The third-order valence-corrected chi connectivity index (χ3v) is 4.45. The van der Waals surface area contributed by atoms with Crippen molar-refractivity contribution >= 4 is 29.1 Å². The maximum atomic E-state index is 12.0. The van der Waals surface area contributed by atoms with Crippen LogP contribution in [0.4, 0.5) is 0 Å². The van der Waals surface area contributed by atoms with Crippen LogP contribution in [0.5, 0.6) is 0 Å². The van der Waals surface area contributed by atoms with Crippen molar-refractivity contribution in [1.29, 1.82) is 0 Å². The fraction of sp³-hybridized carbons (Fsp3) is 0.533. The Balaban J connectivity index is 1.83. The fourth-order valence-electron chi connectivity index (χ4n) is 2.63. The van der Waals surface area contributed by atoms with Crippen molar-refractivity contribution in [2.24, 2.45) is 5.92 Å². The molecule has 20 heavy (non-hydrogen) atoms. The van der Waals surface area contributed by atoms with Gasteiger partial charge >= 0.3 is 0 Å². The molecule has 1 amide bonds. The zero-order valence-corrected chi connectivity index (χ0v) is 12.8. The van der Waals surface area contributed by atoms with Gasteiger partial charge in [-0.3, -0.25) is 4.79 Å². The van der Waals surface area contributed by atoms with Gasteiger partial charge in [0.15, 0.2) is 0 Å². The van der Waals surface area contributed by atoms with Gasteiger partial charge in [-0.15, -0.1) is 0 Å². The lowest BCUT2D eigenvalue weighted by molar-refractivity contribution is -0.120. The van der Waals surface area contributed by atoms with Gasteiger partial charge in [0.25, 0.3) is 0 Å². The average Bonchev–Trinajstić information content (AvgIpc) is 2.41. The molecule has 1 aliphatic carbocycles. The molecule has 1 aromatic rings. The Bertz CT molecular complexity index is 459. The van der Waals surface area contributed by atoms with E-state index in [1.165, 1.54) is 0 Å². The van der Waals surface area contributed by atoms with Crippen LogP contribution in [0.3, 0.4) is 0 Å². The van der Waals surface area contributed by atoms with Gasteiger partial charge in [-0.25, -0.2) is 0 Å². The Hall–Kier alpha value is -0.770. The normalized spacial score (nSPS) is 22.6. The molecule has 110 valence electrons. The van der Waals surface area contributed by atoms with Gasteiger partial charge in [-0.05, 0) is 42.9 Å². The minimum atomic E-state index is -0.219. The van der Waals surface area contributed by atoms with Crippen LogP contribution in [0.2, 0.25) is 10.0 Å². The molecule has 0 saturated heterocycles. The minimum Gasteiger partial charge on any atom is -0.393 e. The standard InChI is InChI=1S/C15H19Cl2NO2/c16-13-5-2-6-14(17)12(13)8-15(20)18-9-10-3-1-4-11(19)7-10/h2,5-6,10-11,19H,1,3-4,7-9H2,(H,18,20). The number of nitrogens with one attached hydrogen (secondary N) is 1. The molecule has 3 nitrogen and oxygen atoms in total. The van der Waals surface area contributed by atoms with Crippen LogP contribution in [0, 0.1) is 5.92 Å². The van der Waals surface area contributed by atoms with E-state index in [-0.39, 0.29) is 18.4 Å². The zero-order valence-electron chi connectivity index (χ0n) is 11.2. The SMILES string of the molecule is O=C(Cc1c(Cl)cccc1Cl)NCC1CCCC(O)C1. The predicted molar refractivity (Wildman–Crippen MR) is 81.1 cm³/mol. The third-order valence-electron chi connectivity index (χ3n) is 3.74. The monoisotopic (exact) mass is 315 g/mol. The number of aliphatic hydroxyl groups excluding tert-OH is 1. The molecule has 2 rings (SSSR count). The summed E-state index contributed by atoms with van der Waals surface area (Å²) in [7, 11) is 0. The second-order valence-electron chi connectivity index (χ2n) is 5.37. The van der Waals surface area contributed by atoms with Gasteiger partial charge < -0.3 is 10.4 Å². The van der Waals surface area contributed by atoms with E-state index in [0.717, 1.165) is 25.7 Å². The maximum Gasteiger partial charge on any atom is 0.224 e. The second-order valence-corrected chi connectivity index (χ2v) is 6.18. The van der Waals surface area contributed by atoms with Gasteiger partial charge in [0.2, 0.25) is 5.91 Å². The number of halogens is 2. The molecule has 1 aliphatic rings. The van der Waals surface area contributed by atoms with Crippen LogP contribution in [0.1, 0.15) is 31.2 Å². The molecule has 0 heterocycles. The summed E-state index contributed by atoms with van der Waals surface area (Å²) >= 11 is 12.1. The summed E-state index contributed by atoms with van der Waals surface area (Å²) in [5.74, 6) is 0.282. The molecule has 1 saturated carbocycles. The molecule has 2 unspecified atom stereocenters. The van der Waals surface area contributed by atoms with E-state index >= 15 is 0 Å². The molecule has 2 atom stereocenters. The summed E-state index contributed by atoms with van der Waals surface area (Å²) in [5.41, 5.74) is 0.664. The maximum absolute atomic E-state index is 12.0. The summed E-state index contributed by atoms with van der Waals surface area (Å²) in [4.78, 5) is 12.0. The Labute approximate surface area is 129 Å². The Morgan fingerprint density at radius 3 is 2.65 bits per heavy atom. The van der Waals surface area contributed by atoms with Crippen molar-refractivity contribution in [2.75, 3.05) is 6.54 Å². The first-order chi connectivity index (χ1) is 9.56. The van der Waals surface area contributed by atoms with Gasteiger partial charge in [0.1, 0.15) is 0 Å². The Kier molecular flexibility index (Phi) is 5.70. The zero-order chi connectivity index (χ0) is 14.5. The highest BCUT2D eigenvalue weighted by Gasteiger charge is 2.20. The van der Waals surface area contributed by atoms with Crippen LogP contribution >= 0.6 is 23.2 Å². The van der Waals surface area contributed by atoms with Crippen molar-refractivity contribution in [1.82, 2.24) is 5.32 Å². The van der Waals surface area contributed by atoms with E-state index in [9.17, 15) is 9.90 Å². The first kappa shape index (κ1) is 15.6. The van der Waals surface area contributed by atoms with Crippen LogP contribution in [0.15, 0.2) is 18.2 Å². The molecule has 0 bridgehead atoms. The molecule has 0 aromatic heterocycles. The number of rotatable bonds is 4. The largest absolute Gasteiger partial charge is 0.393 e. The summed E-state index contributed by atoms with van der Waals surface area (Å²) in [6, 6.07) is 5.22. The first-order valence-corrected chi connectivity index (χ1v) is 7.69. The lowest BCUT2D eigenvalue weighted by atomic mass is 9.87. The first-order valence-electron chi connectivity index (χ1n) is 6.94. The second kappa shape index (κ2) is 7.30. The van der Waals surface area contributed by atoms with Crippen molar-refractivity contribution in [3.05, 3.63) is 33.8 Å². The number of carbonyl (C=O) groups is 1. The van der Waals surface area contributed by atoms with Crippen molar-refractivity contribution in [3.8, 4) is 0 Å². The molecule has 0 aliphatic heterocycles. The molecule has 5 heteroatoms. The number of carbonyl (C=O) groups excluding carboxylic acids is 1. The smallest absolute Gasteiger partial charge is 0.224 e. The molecular weight excluding hydrogens is 297 g/mol. The molecular formula is C15H19Cl2NO2. The van der Waals surface area contributed by atoms with E-state index < -0.39 is 0 Å². The van der Waals surface area contributed by atoms with E-state index in [2.05, 4.69) is 5.32 Å². The third kappa shape index (κ3) is 4.37. The van der Waals surface area contributed by atoms with Crippen molar-refractivity contribution in [2.45, 2.75) is 38.2 Å². The fourth-order valence-corrected chi connectivity index (χ4v) is 3.16. The van der Waals surface area contributed by atoms with Crippen LogP contribution < -0.4 is 5.32 Å². The van der Waals surface area contributed by atoms with Gasteiger partial charge in [0.05, 0.1) is 12.5 Å². The Morgan fingerprint density at radius 1 is 1.30 bits per heavy atom. The average molecular weight is 316 g/mol. The van der Waals surface area contributed by atoms with Gasteiger partial charge in [-0.2, -0.15) is 0 Å². The molecule has 2 N–H and O–H groups in total. The van der Waals surface area contributed by atoms with Gasteiger partial charge in [-0.1, -0.05) is 35.7 Å². The lowest BCUT2D eigenvalue weighted by Gasteiger charge is -2.25. The summed E-state index contributed by atoms with van der Waals surface area (Å²) in [6.07, 6.45) is 3.70. The highest BCUT2D eigenvalue weighted by atomic mass is 35.5. The lowest BCUT2D eigenvalue weighted by Crippen LogP contribution is -2.33. The molecule has 1 aromatic carbocycles. The van der Waals surface area contributed by atoms with Crippen LogP contribution in [0.25, 0.3) is 0 Å². The molecule has 0 radical (unpaired) electrons. The summed E-state index contributed by atoms with van der Waals surface area (Å²) in [5, 5.41) is 13.5. The van der Waals surface area contributed by atoms with Gasteiger partial charge in [0, 0.05) is 16.6 Å². The summed E-state index contributed by atoms with van der Waals surface area (Å²) < 4.78 is 0. The number of hydrogen-bond acceptors (Lipinski definition) is 2. The highest BCUT2D eigenvalue weighted by molar-refractivity contribution is 6.36. The van der Waals surface area contributed by atoms with E-state index in [1.807, 2.05) is 0 Å². The Morgan fingerprint density at radius 2 is 2.00 bits per heavy atom. The molecule has 0 spiro atoms. The highest BCUT2D eigenvalue weighted by Crippen LogP contribution is 2.25. The topological polar surface area (TPSA) is 49.3 Å². The van der Waals surface area contributed by atoms with E-state index in [1.54, 1.807) is 18.2 Å². The van der Waals surface area contributed by atoms with E-state index in [0.29, 0.717) is 28.1 Å². The minimum absolute atomic E-state index is 0.0833. The number of benzene rings is 1. The summed E-state index contributed by atoms with van der Waals surface area (Å²) in [6.45, 7) is 0.609.